The highest BCUT2D eigenvalue weighted by Crippen LogP contribution is 2.29. The Bertz CT molecular complexity index is 685. The van der Waals surface area contributed by atoms with E-state index < -0.39 is 10.0 Å². The zero-order valence-electron chi connectivity index (χ0n) is 10.6. The molecule has 2 N–H and O–H groups in total. The molecule has 0 unspecified atom stereocenters. The Kier molecular flexibility index (Phi) is 3.23. The average molecular weight is 300 g/mol. The van der Waals surface area contributed by atoms with Crippen LogP contribution in [0.25, 0.3) is 4.96 Å². The molecule has 2 aromatic rings. The molecule has 19 heavy (non-hydrogen) atoms. The van der Waals surface area contributed by atoms with Crippen molar-refractivity contribution in [2.24, 2.45) is 5.92 Å². The van der Waals surface area contributed by atoms with Crippen molar-refractivity contribution < 1.29 is 8.42 Å². The lowest BCUT2D eigenvalue weighted by molar-refractivity contribution is 0.573. The van der Waals surface area contributed by atoms with Crippen LogP contribution in [0.2, 0.25) is 0 Å². The Balaban J connectivity index is 1.99. The lowest BCUT2D eigenvalue weighted by Crippen LogP contribution is -2.27. The summed E-state index contributed by atoms with van der Waals surface area (Å²) in [6, 6.07) is 0. The summed E-state index contributed by atoms with van der Waals surface area (Å²) >= 11 is 1.42. The van der Waals surface area contributed by atoms with Crippen LogP contribution in [0.1, 0.15) is 19.8 Å². The summed E-state index contributed by atoms with van der Waals surface area (Å²) in [6.45, 7) is 3.07. The first-order valence-electron chi connectivity index (χ1n) is 6.31. The van der Waals surface area contributed by atoms with E-state index in [1.807, 2.05) is 12.3 Å². The smallest absolute Gasteiger partial charge is 0.260 e. The van der Waals surface area contributed by atoms with Gasteiger partial charge in [-0.15, -0.1) is 11.3 Å². The van der Waals surface area contributed by atoms with Crippen molar-refractivity contribution in [1.29, 1.82) is 0 Å². The predicted octanol–water partition coefficient (Wildman–Crippen LogP) is 1.52. The number of hydrogen-bond acceptors (Lipinski definition) is 5. The number of thiazole rings is 1. The molecule has 6 nitrogen and oxygen atoms in total. The monoisotopic (exact) mass is 300 g/mol. The van der Waals surface area contributed by atoms with E-state index in [9.17, 15) is 8.42 Å². The number of nitrogens with zero attached hydrogens (tertiary/aromatic N) is 2. The second-order valence-electron chi connectivity index (χ2n) is 4.65. The molecule has 1 saturated carbocycles. The third kappa shape index (κ3) is 2.47. The van der Waals surface area contributed by atoms with Gasteiger partial charge in [-0.2, -0.15) is 0 Å². The summed E-state index contributed by atoms with van der Waals surface area (Å²) in [5.41, 5.74) is 0. The van der Waals surface area contributed by atoms with E-state index in [1.165, 1.54) is 11.3 Å². The molecule has 0 radical (unpaired) electrons. The second kappa shape index (κ2) is 4.77. The van der Waals surface area contributed by atoms with E-state index in [0.29, 0.717) is 29.8 Å². The number of imidazole rings is 1. The number of sulfonamides is 1. The molecular formula is C11H16N4O2S2. The van der Waals surface area contributed by atoms with Crippen molar-refractivity contribution in [3.63, 3.8) is 0 Å². The summed E-state index contributed by atoms with van der Waals surface area (Å²) < 4.78 is 29.2. The molecule has 2 aromatic heterocycles. The first kappa shape index (κ1) is 12.9. The van der Waals surface area contributed by atoms with Crippen molar-refractivity contribution >= 4 is 32.1 Å². The van der Waals surface area contributed by atoms with E-state index in [2.05, 4.69) is 15.0 Å². The molecule has 1 fully saturated rings. The fraction of sp³-hybridized carbons (Fsp3) is 0.545. The zero-order chi connectivity index (χ0) is 13.5. The fourth-order valence-electron chi connectivity index (χ4n) is 1.92. The summed E-state index contributed by atoms with van der Waals surface area (Å²) in [5.74, 6) is 0.931. The van der Waals surface area contributed by atoms with Gasteiger partial charge in [-0.1, -0.05) is 0 Å². The van der Waals surface area contributed by atoms with E-state index in [1.54, 1.807) is 10.6 Å². The molecule has 1 aliphatic carbocycles. The summed E-state index contributed by atoms with van der Waals surface area (Å²) in [6.07, 6.45) is 3.96. The minimum absolute atomic E-state index is 0.214. The van der Waals surface area contributed by atoms with Crippen LogP contribution in [0.3, 0.4) is 0 Å². The number of anilines is 1. The lowest BCUT2D eigenvalue weighted by atomic mass is 10.4. The van der Waals surface area contributed by atoms with E-state index in [4.69, 9.17) is 0 Å². The number of fused-ring (bicyclic) bond motifs is 1. The SMILES string of the molecule is CCNc1nc2sccn2c1S(=O)(=O)NCC1CC1. The third-order valence-corrected chi connectivity index (χ3v) is 5.28. The minimum Gasteiger partial charge on any atom is -0.368 e. The van der Waals surface area contributed by atoms with Gasteiger partial charge in [0.15, 0.2) is 15.8 Å². The van der Waals surface area contributed by atoms with Gasteiger partial charge in [0, 0.05) is 24.7 Å². The highest BCUT2D eigenvalue weighted by molar-refractivity contribution is 7.89. The quantitative estimate of drug-likeness (QED) is 0.848. The van der Waals surface area contributed by atoms with Gasteiger partial charge in [0.1, 0.15) is 0 Å². The molecule has 8 heteroatoms. The molecular weight excluding hydrogens is 284 g/mol. The van der Waals surface area contributed by atoms with Crippen LogP contribution in [-0.2, 0) is 10.0 Å². The van der Waals surface area contributed by atoms with Gasteiger partial charge in [-0.25, -0.2) is 18.1 Å². The standard InChI is InChI=1S/C11H16N4O2S2/c1-2-12-9-10(15-5-6-18-11(15)14-9)19(16,17)13-7-8-3-4-8/h5-6,8,12-13H,2-4,7H2,1H3. The molecule has 1 aliphatic rings. The van der Waals surface area contributed by atoms with Gasteiger partial charge in [0.2, 0.25) is 0 Å². The van der Waals surface area contributed by atoms with Crippen LogP contribution in [0.5, 0.6) is 0 Å². The maximum Gasteiger partial charge on any atom is 0.260 e. The van der Waals surface area contributed by atoms with Crippen LogP contribution in [-0.4, -0.2) is 30.9 Å². The van der Waals surface area contributed by atoms with Crippen molar-refractivity contribution in [1.82, 2.24) is 14.1 Å². The topological polar surface area (TPSA) is 75.5 Å². The van der Waals surface area contributed by atoms with Gasteiger partial charge in [0.05, 0.1) is 0 Å². The summed E-state index contributed by atoms with van der Waals surface area (Å²) in [4.78, 5) is 5.01. The number of aromatic nitrogens is 2. The van der Waals surface area contributed by atoms with Gasteiger partial charge in [0.25, 0.3) is 10.0 Å². The molecule has 0 spiro atoms. The highest BCUT2D eigenvalue weighted by atomic mass is 32.2. The van der Waals surface area contributed by atoms with Gasteiger partial charge in [-0.3, -0.25) is 4.40 Å². The molecule has 104 valence electrons. The molecule has 2 heterocycles. The Labute approximate surface area is 115 Å². The first-order valence-corrected chi connectivity index (χ1v) is 8.67. The summed E-state index contributed by atoms with van der Waals surface area (Å²) in [7, 11) is -3.53. The maximum atomic E-state index is 12.4. The predicted molar refractivity (Wildman–Crippen MR) is 75.1 cm³/mol. The van der Waals surface area contributed by atoms with Crippen LogP contribution >= 0.6 is 11.3 Å². The minimum atomic E-state index is -3.53. The molecule has 0 atom stereocenters. The highest BCUT2D eigenvalue weighted by Gasteiger charge is 2.29. The maximum absolute atomic E-state index is 12.4. The largest absolute Gasteiger partial charge is 0.368 e. The molecule has 0 amide bonds. The molecule has 0 bridgehead atoms. The van der Waals surface area contributed by atoms with E-state index >= 15 is 0 Å². The second-order valence-corrected chi connectivity index (χ2v) is 7.20. The van der Waals surface area contributed by atoms with Gasteiger partial charge < -0.3 is 5.32 Å². The zero-order valence-corrected chi connectivity index (χ0v) is 12.2. The molecule has 0 aromatic carbocycles. The van der Waals surface area contributed by atoms with Crippen molar-refractivity contribution in [3.8, 4) is 0 Å². The Morgan fingerprint density at radius 3 is 3.00 bits per heavy atom. The van der Waals surface area contributed by atoms with Crippen LogP contribution in [0, 0.1) is 5.92 Å². The Morgan fingerprint density at radius 1 is 1.53 bits per heavy atom. The third-order valence-electron chi connectivity index (χ3n) is 3.08. The Morgan fingerprint density at radius 2 is 2.32 bits per heavy atom. The van der Waals surface area contributed by atoms with E-state index in [0.717, 1.165) is 12.8 Å². The van der Waals surface area contributed by atoms with Crippen LogP contribution in [0.15, 0.2) is 16.6 Å². The number of nitrogens with one attached hydrogen (secondary N) is 2. The van der Waals surface area contributed by atoms with Gasteiger partial charge in [-0.05, 0) is 25.7 Å². The number of rotatable bonds is 6. The average Bonchev–Trinajstić information content (AvgIpc) is 2.97. The Hall–Kier alpha value is -1.12. The van der Waals surface area contributed by atoms with E-state index in [-0.39, 0.29) is 5.03 Å². The lowest BCUT2D eigenvalue weighted by Gasteiger charge is -2.07. The first-order chi connectivity index (χ1) is 9.12. The normalized spacial score (nSPS) is 16.1. The van der Waals surface area contributed by atoms with Crippen LogP contribution in [0.4, 0.5) is 5.82 Å². The molecule has 0 saturated heterocycles. The number of hydrogen-bond donors (Lipinski definition) is 2. The van der Waals surface area contributed by atoms with Gasteiger partial charge >= 0.3 is 0 Å². The van der Waals surface area contributed by atoms with Crippen LogP contribution < -0.4 is 10.0 Å². The molecule has 3 rings (SSSR count). The van der Waals surface area contributed by atoms with Crippen molar-refractivity contribution in [2.75, 3.05) is 18.4 Å². The molecule has 0 aliphatic heterocycles. The summed E-state index contributed by atoms with van der Waals surface area (Å²) in [5, 5.41) is 5.06. The van der Waals surface area contributed by atoms with Crippen molar-refractivity contribution in [3.05, 3.63) is 11.6 Å². The fourth-order valence-corrected chi connectivity index (χ4v) is 4.06. The van der Waals surface area contributed by atoms with Crippen molar-refractivity contribution in [2.45, 2.75) is 24.8 Å².